The number of allylic oxidation sites excluding steroid dienone is 1. The van der Waals surface area contributed by atoms with Gasteiger partial charge in [0.15, 0.2) is 4.80 Å². The van der Waals surface area contributed by atoms with E-state index in [1.165, 1.54) is 22.5 Å². The van der Waals surface area contributed by atoms with Crippen molar-refractivity contribution in [1.29, 1.82) is 0 Å². The average Bonchev–Trinajstić information content (AvgIpc) is 2.85. The highest BCUT2D eigenvalue weighted by Crippen LogP contribution is 2.22. The Morgan fingerprint density at radius 1 is 1.29 bits per heavy atom. The summed E-state index contributed by atoms with van der Waals surface area (Å²) in [6.45, 7) is 8.62. The molecule has 122 valence electrons. The van der Waals surface area contributed by atoms with Gasteiger partial charge in [0.1, 0.15) is 0 Å². The number of hydrogen-bond donors (Lipinski definition) is 0. The van der Waals surface area contributed by atoms with Crippen LogP contribution in [0.25, 0.3) is 10.2 Å². The number of hydrogen-bond acceptors (Lipinski definition) is 2. The Bertz CT molecular complexity index is 1010. The number of fused-ring (bicyclic) bond motifs is 1. The molecule has 0 N–H and O–H groups in total. The molecule has 3 nitrogen and oxygen atoms in total. The molecule has 0 unspecified atom stereocenters. The number of aryl methyl sites for hydroxylation is 2. The zero-order valence-electron chi connectivity index (χ0n) is 13.5. The lowest BCUT2D eigenvalue weighted by Gasteiger charge is -2.04. The second-order valence-corrected chi connectivity index (χ2v) is 7.45. The average molecular weight is 401 g/mol. The minimum Gasteiger partial charge on any atom is -0.312 e. The summed E-state index contributed by atoms with van der Waals surface area (Å²) in [5, 5.41) is 0. The third-order valence-corrected chi connectivity index (χ3v) is 5.64. The van der Waals surface area contributed by atoms with Gasteiger partial charge < -0.3 is 4.57 Å². The van der Waals surface area contributed by atoms with Gasteiger partial charge in [-0.3, -0.25) is 4.79 Å². The van der Waals surface area contributed by atoms with Crippen LogP contribution in [0.15, 0.2) is 58.5 Å². The molecule has 3 aromatic rings. The van der Waals surface area contributed by atoms with E-state index in [0.717, 1.165) is 14.7 Å². The Hall–Kier alpha value is -1.98. The van der Waals surface area contributed by atoms with Crippen LogP contribution in [0.4, 0.5) is 0 Å². The van der Waals surface area contributed by atoms with Crippen LogP contribution in [-0.4, -0.2) is 10.5 Å². The minimum absolute atomic E-state index is 0.250. The van der Waals surface area contributed by atoms with Crippen molar-refractivity contribution >= 4 is 43.4 Å². The summed E-state index contributed by atoms with van der Waals surface area (Å²) < 4.78 is 3.91. The Labute approximate surface area is 153 Å². The topological polar surface area (TPSA) is 34.4 Å². The first-order valence-electron chi connectivity index (χ1n) is 7.56. The zero-order chi connectivity index (χ0) is 17.3. The molecule has 1 aromatic heterocycles. The van der Waals surface area contributed by atoms with Crippen molar-refractivity contribution in [3.05, 3.63) is 75.0 Å². The molecule has 0 bridgehead atoms. The maximum Gasteiger partial charge on any atom is 0.280 e. The van der Waals surface area contributed by atoms with Gasteiger partial charge in [-0.2, -0.15) is 4.99 Å². The highest BCUT2D eigenvalue weighted by atomic mass is 79.9. The van der Waals surface area contributed by atoms with E-state index in [1.54, 1.807) is 6.07 Å². The lowest BCUT2D eigenvalue weighted by Crippen LogP contribution is -2.16. The van der Waals surface area contributed by atoms with Crippen molar-refractivity contribution in [3.8, 4) is 0 Å². The van der Waals surface area contributed by atoms with Crippen LogP contribution in [0.5, 0.6) is 0 Å². The molecule has 0 radical (unpaired) electrons. The van der Waals surface area contributed by atoms with Gasteiger partial charge in [-0.25, -0.2) is 0 Å². The van der Waals surface area contributed by atoms with E-state index in [0.29, 0.717) is 16.9 Å². The van der Waals surface area contributed by atoms with Crippen molar-refractivity contribution in [1.82, 2.24) is 4.57 Å². The highest BCUT2D eigenvalue weighted by Gasteiger charge is 2.11. The SMILES string of the molecule is C=CCn1c(=NC(=O)c2ccccc2Br)sc2cc(C)c(C)cc21. The number of halogens is 1. The van der Waals surface area contributed by atoms with Crippen LogP contribution < -0.4 is 4.80 Å². The molecule has 0 fully saturated rings. The molecular formula is C19H17BrN2OS. The summed E-state index contributed by atoms with van der Waals surface area (Å²) in [6, 6.07) is 11.6. The van der Waals surface area contributed by atoms with Crippen molar-refractivity contribution in [3.63, 3.8) is 0 Å². The lowest BCUT2D eigenvalue weighted by molar-refractivity contribution is 0.0997. The molecule has 0 aliphatic rings. The molecule has 0 aliphatic heterocycles. The Morgan fingerprint density at radius 2 is 2.00 bits per heavy atom. The second kappa shape index (κ2) is 6.87. The fraction of sp³-hybridized carbons (Fsp3) is 0.158. The van der Waals surface area contributed by atoms with E-state index < -0.39 is 0 Å². The van der Waals surface area contributed by atoms with Crippen molar-refractivity contribution in [2.75, 3.05) is 0 Å². The van der Waals surface area contributed by atoms with Crippen LogP contribution in [0, 0.1) is 13.8 Å². The summed E-state index contributed by atoms with van der Waals surface area (Å²) in [5.74, 6) is -0.250. The molecule has 5 heteroatoms. The quantitative estimate of drug-likeness (QED) is 0.568. The monoisotopic (exact) mass is 400 g/mol. The van der Waals surface area contributed by atoms with Crippen LogP contribution in [0.3, 0.4) is 0 Å². The Balaban J connectivity index is 2.21. The van der Waals surface area contributed by atoms with Gasteiger partial charge in [0.2, 0.25) is 0 Å². The Morgan fingerprint density at radius 3 is 2.71 bits per heavy atom. The molecule has 0 saturated heterocycles. The van der Waals surface area contributed by atoms with Crippen molar-refractivity contribution < 1.29 is 4.79 Å². The maximum atomic E-state index is 12.6. The van der Waals surface area contributed by atoms with E-state index in [9.17, 15) is 4.79 Å². The lowest BCUT2D eigenvalue weighted by atomic mass is 10.1. The molecular weight excluding hydrogens is 384 g/mol. The highest BCUT2D eigenvalue weighted by molar-refractivity contribution is 9.10. The molecule has 0 spiro atoms. The largest absolute Gasteiger partial charge is 0.312 e. The number of nitrogens with zero attached hydrogens (tertiary/aromatic N) is 2. The fourth-order valence-corrected chi connectivity index (χ4v) is 4.07. The van der Waals surface area contributed by atoms with Gasteiger partial charge in [-0.05, 0) is 65.2 Å². The number of thiazole rings is 1. The zero-order valence-corrected chi connectivity index (χ0v) is 15.9. The van der Waals surface area contributed by atoms with Crippen LogP contribution in [0.1, 0.15) is 21.5 Å². The maximum absolute atomic E-state index is 12.6. The van der Waals surface area contributed by atoms with Gasteiger partial charge >= 0.3 is 0 Å². The summed E-state index contributed by atoms with van der Waals surface area (Å²) in [5.41, 5.74) is 4.11. The third kappa shape index (κ3) is 3.14. The van der Waals surface area contributed by atoms with E-state index in [1.807, 2.05) is 28.8 Å². The second-order valence-electron chi connectivity index (χ2n) is 5.58. The van der Waals surface area contributed by atoms with Crippen LogP contribution >= 0.6 is 27.3 Å². The van der Waals surface area contributed by atoms with E-state index in [4.69, 9.17) is 0 Å². The number of carbonyl (C=O) groups is 1. The van der Waals surface area contributed by atoms with Crippen molar-refractivity contribution in [2.45, 2.75) is 20.4 Å². The van der Waals surface area contributed by atoms with Crippen molar-refractivity contribution in [2.24, 2.45) is 4.99 Å². The van der Waals surface area contributed by atoms with E-state index >= 15 is 0 Å². The summed E-state index contributed by atoms with van der Waals surface area (Å²) in [7, 11) is 0. The number of rotatable bonds is 3. The molecule has 0 saturated carbocycles. The summed E-state index contributed by atoms with van der Waals surface area (Å²) in [6.07, 6.45) is 1.82. The predicted octanol–water partition coefficient (Wildman–Crippen LogP) is 5.01. The number of benzene rings is 2. The summed E-state index contributed by atoms with van der Waals surface area (Å²) in [4.78, 5) is 17.6. The van der Waals surface area contributed by atoms with Gasteiger partial charge in [0.25, 0.3) is 5.91 Å². The first-order valence-corrected chi connectivity index (χ1v) is 9.17. The predicted molar refractivity (Wildman–Crippen MR) is 104 cm³/mol. The summed E-state index contributed by atoms with van der Waals surface area (Å²) >= 11 is 4.94. The van der Waals surface area contributed by atoms with Gasteiger partial charge in [-0.15, -0.1) is 6.58 Å². The van der Waals surface area contributed by atoms with Gasteiger partial charge in [-0.1, -0.05) is 29.5 Å². The normalized spacial score (nSPS) is 11.9. The first kappa shape index (κ1) is 16.9. The molecule has 0 aliphatic carbocycles. The molecule has 1 heterocycles. The third-order valence-electron chi connectivity index (χ3n) is 3.91. The molecule has 1 amide bonds. The molecule has 3 rings (SSSR count). The van der Waals surface area contributed by atoms with Crippen LogP contribution in [-0.2, 0) is 6.54 Å². The first-order chi connectivity index (χ1) is 11.5. The van der Waals surface area contributed by atoms with Gasteiger partial charge in [0, 0.05) is 11.0 Å². The smallest absolute Gasteiger partial charge is 0.280 e. The fourth-order valence-electron chi connectivity index (χ4n) is 2.49. The minimum atomic E-state index is -0.250. The molecule has 24 heavy (non-hydrogen) atoms. The van der Waals surface area contributed by atoms with E-state index in [2.05, 4.69) is 53.5 Å². The van der Waals surface area contributed by atoms with Crippen LogP contribution in [0.2, 0.25) is 0 Å². The Kier molecular flexibility index (Phi) is 4.83. The van der Waals surface area contributed by atoms with E-state index in [-0.39, 0.29) is 5.91 Å². The number of aromatic nitrogens is 1. The van der Waals surface area contributed by atoms with Gasteiger partial charge in [0.05, 0.1) is 15.8 Å². The number of amides is 1. The molecule has 0 atom stereocenters. The number of carbonyl (C=O) groups excluding carboxylic acids is 1. The standard InChI is InChI=1S/C19H17BrN2OS/c1-4-9-22-16-10-12(2)13(3)11-17(16)24-19(22)21-18(23)14-7-5-6-8-15(14)20/h4-8,10-11H,1,9H2,2-3H3. The molecule has 2 aromatic carbocycles.